The van der Waals surface area contributed by atoms with Crippen molar-refractivity contribution >= 4 is 14.0 Å². The molecule has 1 heteroatoms. The molecule has 2 aliphatic rings. The van der Waals surface area contributed by atoms with Crippen LogP contribution < -0.4 is 5.19 Å². The van der Waals surface area contributed by atoms with Crippen LogP contribution in [0.15, 0.2) is 91.0 Å². The summed E-state index contributed by atoms with van der Waals surface area (Å²) in [4.78, 5) is 0. The fourth-order valence-corrected chi connectivity index (χ4v) is 13.7. The van der Waals surface area contributed by atoms with E-state index in [1.54, 1.807) is 27.4 Å². The average molecular weight is 688 g/mol. The summed E-state index contributed by atoms with van der Waals surface area (Å²) in [5.74, 6) is 2.65. The van der Waals surface area contributed by atoms with Gasteiger partial charge in [0.25, 0.3) is 0 Å². The molecule has 0 atom stereocenters. The van der Waals surface area contributed by atoms with Crippen molar-refractivity contribution in [1.82, 2.24) is 0 Å². The van der Waals surface area contributed by atoms with Gasteiger partial charge < -0.3 is 0 Å². The lowest BCUT2D eigenvalue weighted by molar-refractivity contribution is 0.807. The molecule has 5 aromatic carbocycles. The lowest BCUT2D eigenvalue weighted by Gasteiger charge is -2.31. The molecule has 0 nitrogen and oxygen atoms in total. The fraction of sp³-hybridized carbons (Fsp3) is 0.400. The van der Waals surface area contributed by atoms with E-state index >= 15 is 0 Å². The minimum absolute atomic E-state index is 0.419. The largest absolute Gasteiger partial charge is 0.112 e. The molecule has 263 valence electrons. The maximum absolute atomic E-state index is 2.56. The lowest BCUT2D eigenvalue weighted by atomic mass is 9.79. The van der Waals surface area contributed by atoms with E-state index in [0.717, 1.165) is 0 Å². The second-order valence-corrected chi connectivity index (χ2v) is 19.9. The standard InChI is InChI=1S/C50H59Si/c1-28(2)34-24-42(30(5)6)46(43(25-34)31(7)8)40-22-17-23-41(47-44(32(9)10)26-35(29(3)4)27-45(47)33(11)12)50(40)51-48-36-18-13-14-19-37(36)49(51)39-21-16-15-20-38(39)48/h13-33,48-49H,1-12H3. The number of hydrogen-bond acceptors (Lipinski definition) is 0. The van der Waals surface area contributed by atoms with Crippen LogP contribution in [0.25, 0.3) is 22.3 Å². The first-order valence-corrected chi connectivity index (χ1v) is 21.5. The average Bonchev–Trinajstić information content (AvgIpc) is 3.62. The first-order chi connectivity index (χ1) is 24.3. The fourth-order valence-electron chi connectivity index (χ4n) is 9.35. The van der Waals surface area contributed by atoms with Crippen molar-refractivity contribution in [3.63, 3.8) is 0 Å². The quantitative estimate of drug-likeness (QED) is 0.135. The zero-order valence-electron chi connectivity index (χ0n) is 33.3. The van der Waals surface area contributed by atoms with Crippen LogP contribution in [-0.2, 0) is 0 Å². The van der Waals surface area contributed by atoms with Crippen LogP contribution in [-0.4, -0.2) is 8.80 Å². The van der Waals surface area contributed by atoms with Gasteiger partial charge in [0.2, 0.25) is 0 Å². The molecular weight excluding hydrogens is 629 g/mol. The summed E-state index contributed by atoms with van der Waals surface area (Å²) in [7, 11) is -1.22. The Bertz CT molecular complexity index is 1840. The molecule has 5 aromatic rings. The molecule has 0 saturated heterocycles. The first kappa shape index (κ1) is 35.7. The molecule has 2 bridgehead atoms. The van der Waals surface area contributed by atoms with E-state index in [1.165, 1.54) is 55.6 Å². The molecule has 1 radical (unpaired) electrons. The molecule has 0 spiro atoms. The number of fused-ring (bicyclic) bond motifs is 8. The van der Waals surface area contributed by atoms with Crippen LogP contribution in [0.4, 0.5) is 0 Å². The van der Waals surface area contributed by atoms with Gasteiger partial charge in [-0.15, -0.1) is 0 Å². The number of benzene rings is 5. The predicted octanol–water partition coefficient (Wildman–Crippen LogP) is 13.8. The minimum Gasteiger partial charge on any atom is -0.0620 e. The van der Waals surface area contributed by atoms with Crippen LogP contribution >= 0.6 is 0 Å². The van der Waals surface area contributed by atoms with Crippen molar-refractivity contribution in [2.24, 2.45) is 0 Å². The molecule has 0 unspecified atom stereocenters. The van der Waals surface area contributed by atoms with E-state index in [-0.39, 0.29) is 0 Å². The molecule has 0 aromatic heterocycles. The van der Waals surface area contributed by atoms with Gasteiger partial charge in [-0.3, -0.25) is 0 Å². The number of rotatable bonds is 9. The molecule has 0 N–H and O–H groups in total. The summed E-state index contributed by atoms with van der Waals surface area (Å²) in [6, 6.07) is 36.7. The molecule has 51 heavy (non-hydrogen) atoms. The molecule has 0 fully saturated rings. The van der Waals surface area contributed by atoms with Gasteiger partial charge >= 0.3 is 0 Å². The molecule has 7 rings (SSSR count). The van der Waals surface area contributed by atoms with Gasteiger partial charge in [-0.2, -0.15) is 0 Å². The third kappa shape index (κ3) is 5.89. The predicted molar refractivity (Wildman–Crippen MR) is 224 cm³/mol. The highest BCUT2D eigenvalue weighted by molar-refractivity contribution is 6.81. The normalized spacial score (nSPS) is 16.8. The Morgan fingerprint density at radius 3 is 0.922 bits per heavy atom. The van der Waals surface area contributed by atoms with Crippen LogP contribution in [0, 0.1) is 0 Å². The maximum Gasteiger partial charge on any atom is 0.112 e. The monoisotopic (exact) mass is 687 g/mol. The van der Waals surface area contributed by atoms with Gasteiger partial charge in [0.15, 0.2) is 0 Å². The highest BCUT2D eigenvalue weighted by atomic mass is 28.3. The summed E-state index contributed by atoms with van der Waals surface area (Å²) in [5, 5.41) is 1.66. The van der Waals surface area contributed by atoms with Crippen molar-refractivity contribution in [3.8, 4) is 22.3 Å². The van der Waals surface area contributed by atoms with Crippen LogP contribution in [0.5, 0.6) is 0 Å². The van der Waals surface area contributed by atoms with Crippen molar-refractivity contribution in [2.45, 2.75) is 130 Å². The van der Waals surface area contributed by atoms with E-state index in [4.69, 9.17) is 0 Å². The van der Waals surface area contributed by atoms with Gasteiger partial charge in [-0.1, -0.05) is 174 Å². The number of hydrogen-bond donors (Lipinski definition) is 0. The van der Waals surface area contributed by atoms with E-state index in [9.17, 15) is 0 Å². The van der Waals surface area contributed by atoms with Gasteiger partial charge in [-0.05, 0) is 119 Å². The van der Waals surface area contributed by atoms with Crippen LogP contribution in [0.3, 0.4) is 0 Å². The summed E-state index contributed by atoms with van der Waals surface area (Å²) in [6.07, 6.45) is 0. The lowest BCUT2D eigenvalue weighted by Crippen LogP contribution is -2.38. The zero-order valence-corrected chi connectivity index (χ0v) is 34.3. The van der Waals surface area contributed by atoms with Crippen molar-refractivity contribution in [2.75, 3.05) is 0 Å². The third-order valence-corrected chi connectivity index (χ3v) is 15.6. The van der Waals surface area contributed by atoms with Gasteiger partial charge in [0.05, 0.1) is 0 Å². The first-order valence-electron chi connectivity index (χ1n) is 19.9. The Morgan fingerprint density at radius 1 is 0.373 bits per heavy atom. The second-order valence-electron chi connectivity index (χ2n) is 17.4. The second kappa shape index (κ2) is 13.7. The molecule has 2 heterocycles. The smallest absolute Gasteiger partial charge is 0.0620 e. The van der Waals surface area contributed by atoms with Gasteiger partial charge in [0.1, 0.15) is 8.80 Å². The summed E-state index contributed by atoms with van der Waals surface area (Å²) < 4.78 is 0. The molecule has 0 aliphatic carbocycles. The molecular formula is C50H59Si. The zero-order chi connectivity index (χ0) is 36.5. The van der Waals surface area contributed by atoms with Crippen LogP contribution in [0.1, 0.15) is 185 Å². The van der Waals surface area contributed by atoms with Crippen molar-refractivity contribution in [1.29, 1.82) is 0 Å². The van der Waals surface area contributed by atoms with Crippen molar-refractivity contribution < 1.29 is 0 Å². The highest BCUT2D eigenvalue weighted by Gasteiger charge is 2.52. The Kier molecular flexibility index (Phi) is 9.59. The third-order valence-electron chi connectivity index (χ3n) is 12.0. The summed E-state index contributed by atoms with van der Waals surface area (Å²) in [6.45, 7) is 28.7. The molecule has 0 amide bonds. The van der Waals surface area contributed by atoms with Gasteiger partial charge in [0, 0.05) is 11.1 Å². The Morgan fingerprint density at radius 2 is 0.667 bits per heavy atom. The van der Waals surface area contributed by atoms with E-state index in [0.29, 0.717) is 46.6 Å². The Balaban J connectivity index is 1.65. The maximum atomic E-state index is 2.56. The topological polar surface area (TPSA) is 0 Å². The van der Waals surface area contributed by atoms with E-state index in [1.807, 2.05) is 0 Å². The molecule has 0 saturated carbocycles. The Hall–Kier alpha value is -3.68. The SMILES string of the molecule is CC(C)c1cc(C(C)C)c(-c2cccc(-c3c(C(C)C)cc(C(C)C)cc3C(C)C)c2[Si]2C3c4ccccc4C2c2ccccc23)c(C(C)C)c1. The summed E-state index contributed by atoms with van der Waals surface area (Å²) >= 11 is 0. The highest BCUT2D eigenvalue weighted by Crippen LogP contribution is 2.57. The van der Waals surface area contributed by atoms with Gasteiger partial charge in [-0.25, -0.2) is 0 Å². The van der Waals surface area contributed by atoms with E-state index < -0.39 is 8.80 Å². The van der Waals surface area contributed by atoms with Crippen molar-refractivity contribution in [3.05, 3.63) is 147 Å². The summed E-state index contributed by atoms with van der Waals surface area (Å²) in [5.41, 5.74) is 22.1. The van der Waals surface area contributed by atoms with E-state index in [2.05, 4.69) is 174 Å². The Labute approximate surface area is 311 Å². The minimum atomic E-state index is -1.22. The molecule has 2 aliphatic heterocycles. The van der Waals surface area contributed by atoms with Crippen LogP contribution in [0.2, 0.25) is 0 Å².